The van der Waals surface area contributed by atoms with Crippen molar-refractivity contribution >= 4 is 82.6 Å². The first-order valence-corrected chi connectivity index (χ1v) is 19.4. The minimum Gasteiger partial charge on any atom is -0.453 e. The molecule has 5 atom stereocenters. The average Bonchev–Trinajstić information content (AvgIpc) is 4.03. The van der Waals surface area contributed by atoms with Crippen LogP contribution in [0.3, 0.4) is 0 Å². The first-order valence-electron chi connectivity index (χ1n) is 18.8. The van der Waals surface area contributed by atoms with Crippen LogP contribution < -0.4 is 5.32 Å². The van der Waals surface area contributed by atoms with Crippen LogP contribution in [0.25, 0.3) is 22.1 Å². The highest BCUT2D eigenvalue weighted by molar-refractivity contribution is 7.59. The molecule has 2 aliphatic rings. The number of alkyl carbamates (subject to hydrolysis) is 1. The molecule has 320 valence electrons. The normalized spacial score (nSPS) is 17.1. The molecule has 0 radical (unpaired) electrons. The van der Waals surface area contributed by atoms with Crippen molar-refractivity contribution in [1.29, 1.82) is 0 Å². The highest BCUT2D eigenvalue weighted by atomic mass is 32.1. The van der Waals surface area contributed by atoms with Crippen LogP contribution in [0.4, 0.5) is 4.79 Å². The van der Waals surface area contributed by atoms with Crippen molar-refractivity contribution in [3.63, 3.8) is 0 Å². The van der Waals surface area contributed by atoms with E-state index in [0.29, 0.717) is 13.1 Å². The third-order valence-corrected chi connectivity index (χ3v) is 10.9. The van der Waals surface area contributed by atoms with E-state index in [2.05, 4.69) is 69.5 Å². The number of unbranched alkanes of at least 4 members (excludes halogenated alkanes) is 1. The lowest BCUT2D eigenvalue weighted by molar-refractivity contribution is -0.188. The first-order chi connectivity index (χ1) is 26.8. The van der Waals surface area contributed by atoms with Gasteiger partial charge in [-0.3, -0.25) is 9.59 Å². The Morgan fingerprint density at radius 3 is 1.86 bits per heavy atom. The zero-order chi connectivity index (χ0) is 38.3. The predicted octanol–water partition coefficient (Wildman–Crippen LogP) is 7.73. The zero-order valence-electron chi connectivity index (χ0n) is 32.1. The largest absolute Gasteiger partial charge is 0.453 e. The summed E-state index contributed by atoms with van der Waals surface area (Å²) in [7, 11) is 5.05. The SMILES string of the molecule is C.C.COOC=N[C@@H](C(=O)N1CCC[C@H]1c1nc2ccc(CCCCc3ccc4nc([C@@H]5CCCN5C(=O)[C@@H](P)NC(=O)OC)[nH]c4c3)cc2[nH]1)c1ccccc1.S.S. The quantitative estimate of drug-likeness (QED) is 0.0255. The molecule has 7 rings (SSSR count). The van der Waals surface area contributed by atoms with Gasteiger partial charge in [-0.25, -0.2) is 19.8 Å². The molecule has 3 aromatic carbocycles. The van der Waals surface area contributed by atoms with E-state index in [4.69, 9.17) is 14.9 Å². The Bertz CT molecular complexity index is 2170. The van der Waals surface area contributed by atoms with E-state index in [9.17, 15) is 14.4 Å². The van der Waals surface area contributed by atoms with Crippen LogP contribution in [-0.4, -0.2) is 87.1 Å². The third kappa shape index (κ3) is 11.4. The Kier molecular flexibility index (Phi) is 18.7. The number of ether oxygens (including phenoxy) is 1. The molecule has 0 bridgehead atoms. The van der Waals surface area contributed by atoms with Crippen LogP contribution in [0.1, 0.15) is 99.8 Å². The lowest BCUT2D eigenvalue weighted by Crippen LogP contribution is -2.45. The molecular weight excluding hydrogens is 808 g/mol. The summed E-state index contributed by atoms with van der Waals surface area (Å²) in [6.07, 6.45) is 7.78. The second-order valence-electron chi connectivity index (χ2n) is 14.0. The number of hydrogen-bond acceptors (Lipinski definition) is 9. The van der Waals surface area contributed by atoms with Gasteiger partial charge in [0, 0.05) is 13.1 Å². The van der Waals surface area contributed by atoms with Crippen molar-refractivity contribution in [2.45, 2.75) is 90.1 Å². The molecule has 0 spiro atoms. The standard InChI is InChI=1S/C40H47N8O6P.2CH4.2H2S/c1-52-40(51)46-37(55)39(50)48-21-9-15-33(48)36-43-29-19-17-26(23-31(29)45-36)11-7-6-10-25-16-18-28-30(22-25)44-35(42-28)32-14-8-20-47(32)38(49)34(41-24-54-53-2)27-12-4-3-5-13-27;;;;/h3-5,12-13,16-19,22-24,32-34,37H,6-11,14-15,20-21,55H2,1-2H3,(H,42,44)(H,43,45)(H,46,51);2*1H4;2*1H2/t32-,33-,34+,37+;;;;/m0..../s1. The van der Waals surface area contributed by atoms with Gasteiger partial charge in [0.25, 0.3) is 5.91 Å². The molecule has 14 nitrogen and oxygen atoms in total. The van der Waals surface area contributed by atoms with E-state index in [1.807, 2.05) is 41.3 Å². The second-order valence-corrected chi connectivity index (χ2v) is 14.6. The van der Waals surface area contributed by atoms with Gasteiger partial charge in [0.05, 0.1) is 48.4 Å². The van der Waals surface area contributed by atoms with Crippen LogP contribution in [0.5, 0.6) is 0 Å². The van der Waals surface area contributed by atoms with Gasteiger partial charge in [-0.2, -0.15) is 31.9 Å². The number of aromatic nitrogens is 4. The van der Waals surface area contributed by atoms with E-state index in [1.165, 1.54) is 31.7 Å². The summed E-state index contributed by atoms with van der Waals surface area (Å²) < 4.78 is 4.65. The van der Waals surface area contributed by atoms with Crippen LogP contribution in [0.2, 0.25) is 0 Å². The van der Waals surface area contributed by atoms with Crippen molar-refractivity contribution < 1.29 is 28.9 Å². The average molecular weight is 867 g/mol. The molecule has 59 heavy (non-hydrogen) atoms. The summed E-state index contributed by atoms with van der Waals surface area (Å²) >= 11 is 0. The molecule has 3 N–H and O–H groups in total. The molecule has 5 aromatic rings. The number of nitrogens with zero attached hydrogens (tertiary/aromatic N) is 5. The number of fused-ring (bicyclic) bond motifs is 2. The minimum atomic E-state index is -0.773. The zero-order valence-corrected chi connectivity index (χ0v) is 35.2. The maximum atomic E-state index is 13.9. The maximum Gasteiger partial charge on any atom is 0.407 e. The molecule has 2 aliphatic heterocycles. The topological polar surface area (TPSA) is 167 Å². The van der Waals surface area contributed by atoms with Crippen LogP contribution in [0, 0.1) is 0 Å². The second kappa shape index (κ2) is 22.7. The number of amides is 3. The summed E-state index contributed by atoms with van der Waals surface area (Å²) in [4.78, 5) is 73.0. The molecule has 2 aromatic heterocycles. The van der Waals surface area contributed by atoms with E-state index < -0.39 is 17.9 Å². The van der Waals surface area contributed by atoms with Gasteiger partial charge >= 0.3 is 6.09 Å². The number of aryl methyl sites for hydroxylation is 2. The molecule has 2 saturated heterocycles. The summed E-state index contributed by atoms with van der Waals surface area (Å²) in [5, 5.41) is 2.54. The van der Waals surface area contributed by atoms with E-state index in [0.717, 1.165) is 90.6 Å². The van der Waals surface area contributed by atoms with Gasteiger partial charge in [-0.1, -0.05) is 57.3 Å². The highest BCUT2D eigenvalue weighted by Crippen LogP contribution is 2.36. The number of benzene rings is 3. The Hall–Kier alpha value is -4.63. The molecule has 4 heterocycles. The lowest BCUT2D eigenvalue weighted by Gasteiger charge is -2.26. The smallest absolute Gasteiger partial charge is 0.407 e. The number of methoxy groups -OCH3 is 1. The van der Waals surface area contributed by atoms with Gasteiger partial charge in [-0.05, 0) is 92.3 Å². The Labute approximate surface area is 362 Å². The first kappa shape index (κ1) is 48.7. The van der Waals surface area contributed by atoms with Gasteiger partial charge in [0.1, 0.15) is 17.4 Å². The van der Waals surface area contributed by atoms with Crippen LogP contribution >= 0.6 is 36.2 Å². The molecule has 0 saturated carbocycles. The fourth-order valence-corrected chi connectivity index (χ4v) is 8.03. The number of nitrogens with one attached hydrogen (secondary N) is 3. The van der Waals surface area contributed by atoms with Crippen molar-refractivity contribution in [2.75, 3.05) is 27.3 Å². The summed E-state index contributed by atoms with van der Waals surface area (Å²) in [5.41, 5.74) is 6.91. The summed E-state index contributed by atoms with van der Waals surface area (Å²) in [6.45, 7) is 1.23. The number of aromatic amines is 2. The van der Waals surface area contributed by atoms with Crippen molar-refractivity contribution in [1.82, 2.24) is 35.1 Å². The molecule has 1 unspecified atom stereocenters. The van der Waals surface area contributed by atoms with E-state index in [-0.39, 0.29) is 65.7 Å². The minimum absolute atomic E-state index is 0. The van der Waals surface area contributed by atoms with Crippen molar-refractivity contribution in [2.24, 2.45) is 4.99 Å². The van der Waals surface area contributed by atoms with Crippen molar-refractivity contribution in [3.05, 3.63) is 95.1 Å². The molecule has 3 amide bonds. The number of hydrogen-bond donors (Lipinski definition) is 3. The molecule has 17 heteroatoms. The number of carbonyl (C=O) groups is 3. The third-order valence-electron chi connectivity index (χ3n) is 10.4. The summed E-state index contributed by atoms with van der Waals surface area (Å²) in [5.74, 6) is 0.482. The molecule has 2 fully saturated rings. The number of carbonyl (C=O) groups excluding carboxylic acids is 3. The van der Waals surface area contributed by atoms with Gasteiger partial charge < -0.3 is 34.7 Å². The van der Waals surface area contributed by atoms with Gasteiger partial charge in [0.15, 0.2) is 6.04 Å². The molecule has 0 aliphatic carbocycles. The number of rotatable bonds is 14. The van der Waals surface area contributed by atoms with E-state index >= 15 is 0 Å². The summed E-state index contributed by atoms with van der Waals surface area (Å²) in [6, 6.07) is 21.1. The van der Waals surface area contributed by atoms with Gasteiger partial charge in [0.2, 0.25) is 12.3 Å². The number of likely N-dealkylation sites (tertiary alicyclic amines) is 2. The van der Waals surface area contributed by atoms with Gasteiger partial charge in [-0.15, -0.1) is 9.24 Å². The predicted molar refractivity (Wildman–Crippen MR) is 245 cm³/mol. The fraction of sp³-hybridized carbons (Fsp3) is 0.429. The van der Waals surface area contributed by atoms with E-state index in [1.54, 1.807) is 4.90 Å². The van der Waals surface area contributed by atoms with Crippen LogP contribution in [-0.2, 0) is 36.9 Å². The molecular formula is C42H59N8O6PS2. The number of imidazole rings is 2. The Morgan fingerprint density at radius 1 is 0.831 bits per heavy atom. The monoisotopic (exact) mass is 866 g/mol. The van der Waals surface area contributed by atoms with Crippen LogP contribution in [0.15, 0.2) is 71.7 Å². The Morgan fingerprint density at radius 2 is 1.36 bits per heavy atom. The number of H-pyrrole nitrogens is 2. The highest BCUT2D eigenvalue weighted by Gasteiger charge is 2.37. The Balaban J connectivity index is 0.00000233. The maximum absolute atomic E-state index is 13.9. The van der Waals surface area contributed by atoms with Crippen molar-refractivity contribution in [3.8, 4) is 0 Å². The number of aliphatic imine (C=N–C) groups is 1. The lowest BCUT2D eigenvalue weighted by atomic mass is 10.0. The fourth-order valence-electron chi connectivity index (χ4n) is 7.71.